The fourth-order valence-electron chi connectivity index (χ4n) is 2.61. The first kappa shape index (κ1) is 22.7. The zero-order valence-corrected chi connectivity index (χ0v) is 16.7. The number of benzene rings is 2. The molecule has 0 aliphatic carbocycles. The van der Waals surface area contributed by atoms with Gasteiger partial charge in [0.15, 0.2) is 0 Å². The summed E-state index contributed by atoms with van der Waals surface area (Å²) in [4.78, 5) is 12.1. The number of alkyl halides is 3. The van der Waals surface area contributed by atoms with Crippen molar-refractivity contribution in [1.29, 1.82) is 0 Å². The Kier molecular flexibility index (Phi) is 8.51. The van der Waals surface area contributed by atoms with Gasteiger partial charge in [-0.05, 0) is 36.8 Å². The van der Waals surface area contributed by atoms with Crippen molar-refractivity contribution in [3.05, 3.63) is 64.2 Å². The molecule has 2 rings (SSSR count). The number of nitrogens with zero attached hydrogens (tertiary/aromatic N) is 1. The molecule has 0 bridgehead atoms. The molecule has 8 heteroatoms. The van der Waals surface area contributed by atoms with E-state index in [0.29, 0.717) is 22.9 Å². The summed E-state index contributed by atoms with van der Waals surface area (Å²) in [7, 11) is 0. The Morgan fingerprint density at radius 2 is 1.93 bits per heavy atom. The van der Waals surface area contributed by atoms with Crippen LogP contribution in [0.1, 0.15) is 54.1 Å². The Labute approximate surface area is 172 Å². The van der Waals surface area contributed by atoms with Crippen molar-refractivity contribution in [2.75, 3.05) is 6.61 Å². The van der Waals surface area contributed by atoms with Crippen LogP contribution in [-0.4, -0.2) is 18.7 Å². The van der Waals surface area contributed by atoms with Crippen LogP contribution in [0.4, 0.5) is 13.2 Å². The zero-order valence-electron chi connectivity index (χ0n) is 15.9. The molecule has 156 valence electrons. The number of hydrogen-bond donors (Lipinski definition) is 1. The fraction of sp³-hybridized carbons (Fsp3) is 0.333. The molecule has 0 atom stereocenters. The van der Waals surface area contributed by atoms with Crippen LogP contribution in [0.3, 0.4) is 0 Å². The lowest BCUT2D eigenvalue weighted by molar-refractivity contribution is -0.137. The van der Waals surface area contributed by atoms with Crippen LogP contribution in [-0.2, 0) is 6.18 Å². The Morgan fingerprint density at radius 1 is 1.17 bits per heavy atom. The molecule has 4 nitrogen and oxygen atoms in total. The SMILES string of the molecule is CCCCCCOc1ccc(Cl)cc1/C=N/NC(=O)c1ccccc1C(F)(F)F. The minimum Gasteiger partial charge on any atom is -0.493 e. The van der Waals surface area contributed by atoms with Gasteiger partial charge in [-0.1, -0.05) is 49.9 Å². The second-order valence-electron chi connectivity index (χ2n) is 6.33. The van der Waals surface area contributed by atoms with Gasteiger partial charge in [0.25, 0.3) is 5.91 Å². The number of halogens is 4. The van der Waals surface area contributed by atoms with E-state index in [1.54, 1.807) is 18.2 Å². The molecule has 0 spiro atoms. The molecule has 2 aromatic rings. The summed E-state index contributed by atoms with van der Waals surface area (Å²) in [5.74, 6) is -0.433. The van der Waals surface area contributed by atoms with Gasteiger partial charge < -0.3 is 4.74 Å². The summed E-state index contributed by atoms with van der Waals surface area (Å²) in [5.41, 5.74) is 1.11. The van der Waals surface area contributed by atoms with Crippen LogP contribution in [0.15, 0.2) is 47.6 Å². The lowest BCUT2D eigenvalue weighted by Crippen LogP contribution is -2.22. The third-order valence-corrected chi connectivity index (χ3v) is 4.31. The van der Waals surface area contributed by atoms with Crippen LogP contribution < -0.4 is 10.2 Å². The first-order chi connectivity index (χ1) is 13.8. The molecule has 0 heterocycles. The molecule has 0 aliphatic heterocycles. The van der Waals surface area contributed by atoms with Gasteiger partial charge in [-0.25, -0.2) is 5.43 Å². The molecule has 0 aliphatic rings. The normalized spacial score (nSPS) is 11.6. The van der Waals surface area contributed by atoms with Crippen molar-refractivity contribution >= 4 is 23.7 Å². The maximum atomic E-state index is 13.0. The predicted molar refractivity (Wildman–Crippen MR) is 108 cm³/mol. The maximum absolute atomic E-state index is 13.0. The van der Waals surface area contributed by atoms with Crippen molar-refractivity contribution in [2.45, 2.75) is 38.8 Å². The van der Waals surface area contributed by atoms with E-state index in [1.807, 2.05) is 0 Å². The number of unbranched alkanes of at least 4 members (excludes halogenated alkanes) is 3. The highest BCUT2D eigenvalue weighted by atomic mass is 35.5. The molecular weight excluding hydrogens is 405 g/mol. The van der Waals surface area contributed by atoms with Gasteiger partial charge in [0.05, 0.1) is 23.9 Å². The topological polar surface area (TPSA) is 50.7 Å². The quantitative estimate of drug-likeness (QED) is 0.300. The number of rotatable bonds is 9. The number of carbonyl (C=O) groups is 1. The Bertz CT molecular complexity index is 854. The second-order valence-corrected chi connectivity index (χ2v) is 6.77. The van der Waals surface area contributed by atoms with Gasteiger partial charge >= 0.3 is 6.18 Å². The van der Waals surface area contributed by atoms with Crippen molar-refractivity contribution in [3.63, 3.8) is 0 Å². The highest BCUT2D eigenvalue weighted by Crippen LogP contribution is 2.31. The summed E-state index contributed by atoms with van der Waals surface area (Å²) < 4.78 is 44.9. The summed E-state index contributed by atoms with van der Waals surface area (Å²) >= 11 is 6.00. The van der Waals surface area contributed by atoms with E-state index in [2.05, 4.69) is 17.5 Å². The molecule has 2 aromatic carbocycles. The zero-order chi connectivity index (χ0) is 21.3. The highest BCUT2D eigenvalue weighted by Gasteiger charge is 2.34. The summed E-state index contributed by atoms with van der Waals surface area (Å²) in [6.45, 7) is 2.64. The maximum Gasteiger partial charge on any atom is 0.417 e. The number of nitrogens with one attached hydrogen (secondary N) is 1. The van der Waals surface area contributed by atoms with Crippen LogP contribution in [0.25, 0.3) is 0 Å². The number of hydrazone groups is 1. The molecule has 29 heavy (non-hydrogen) atoms. The van der Waals surface area contributed by atoms with E-state index in [0.717, 1.165) is 37.8 Å². The molecule has 1 amide bonds. The van der Waals surface area contributed by atoms with Crippen LogP contribution >= 0.6 is 11.6 Å². The van der Waals surface area contributed by atoms with Crippen LogP contribution in [0.2, 0.25) is 5.02 Å². The predicted octanol–water partition coefficient (Wildman–Crippen LogP) is 6.08. The smallest absolute Gasteiger partial charge is 0.417 e. The molecule has 0 saturated carbocycles. The van der Waals surface area contributed by atoms with Gasteiger partial charge in [-0.15, -0.1) is 0 Å². The van der Waals surface area contributed by atoms with E-state index >= 15 is 0 Å². The minimum absolute atomic E-state index is 0.443. The minimum atomic E-state index is -4.64. The van der Waals surface area contributed by atoms with E-state index in [1.165, 1.54) is 18.3 Å². The average Bonchev–Trinajstić information content (AvgIpc) is 2.68. The molecular formula is C21H22ClF3N2O2. The largest absolute Gasteiger partial charge is 0.493 e. The second kappa shape index (κ2) is 10.9. The lowest BCUT2D eigenvalue weighted by atomic mass is 10.1. The fourth-order valence-corrected chi connectivity index (χ4v) is 2.79. The molecule has 0 unspecified atom stereocenters. The van der Waals surface area contributed by atoms with Crippen molar-refractivity contribution in [2.24, 2.45) is 5.10 Å². The molecule has 1 N–H and O–H groups in total. The van der Waals surface area contributed by atoms with E-state index in [4.69, 9.17) is 16.3 Å². The monoisotopic (exact) mass is 426 g/mol. The first-order valence-electron chi connectivity index (χ1n) is 9.25. The highest BCUT2D eigenvalue weighted by molar-refractivity contribution is 6.30. The van der Waals surface area contributed by atoms with Crippen molar-refractivity contribution in [3.8, 4) is 5.75 Å². The molecule has 0 aromatic heterocycles. The first-order valence-corrected chi connectivity index (χ1v) is 9.62. The Balaban J connectivity index is 2.07. The molecule has 0 fully saturated rings. The van der Waals surface area contributed by atoms with Gasteiger partial charge in [0, 0.05) is 10.6 Å². The van der Waals surface area contributed by atoms with Crippen molar-refractivity contribution < 1.29 is 22.7 Å². The summed E-state index contributed by atoms with van der Waals surface area (Å²) in [6, 6.07) is 9.47. The Hall–Kier alpha value is -2.54. The van der Waals surface area contributed by atoms with E-state index in [-0.39, 0.29) is 0 Å². The van der Waals surface area contributed by atoms with E-state index in [9.17, 15) is 18.0 Å². The van der Waals surface area contributed by atoms with E-state index < -0.39 is 23.2 Å². The number of amides is 1. The Morgan fingerprint density at radius 3 is 2.66 bits per heavy atom. The lowest BCUT2D eigenvalue weighted by Gasteiger charge is -2.11. The van der Waals surface area contributed by atoms with Crippen LogP contribution in [0.5, 0.6) is 5.75 Å². The summed E-state index contributed by atoms with van der Waals surface area (Å²) in [5, 5.41) is 4.21. The van der Waals surface area contributed by atoms with Gasteiger partial charge in [0.1, 0.15) is 5.75 Å². The number of carbonyl (C=O) groups excluding carboxylic acids is 1. The average molecular weight is 427 g/mol. The third-order valence-electron chi connectivity index (χ3n) is 4.07. The number of hydrogen-bond acceptors (Lipinski definition) is 3. The van der Waals surface area contributed by atoms with Crippen molar-refractivity contribution in [1.82, 2.24) is 5.43 Å². The molecule has 0 radical (unpaired) electrons. The molecule has 0 saturated heterocycles. The number of ether oxygens (including phenoxy) is 1. The third kappa shape index (κ3) is 7.09. The van der Waals surface area contributed by atoms with Gasteiger partial charge in [0.2, 0.25) is 0 Å². The standard InChI is InChI=1S/C21H22ClF3N2O2/c1-2-3-4-7-12-29-19-11-10-16(22)13-15(19)14-26-27-20(28)17-8-5-6-9-18(17)21(23,24)25/h5-6,8-11,13-14H,2-4,7,12H2,1H3,(H,27,28)/b26-14+. The summed E-state index contributed by atoms with van der Waals surface area (Å²) in [6.07, 6.45) is 0.866. The van der Waals surface area contributed by atoms with Gasteiger partial charge in [-0.3, -0.25) is 4.79 Å². The van der Waals surface area contributed by atoms with Gasteiger partial charge in [-0.2, -0.15) is 18.3 Å². The van der Waals surface area contributed by atoms with Crippen LogP contribution in [0, 0.1) is 0 Å².